The normalized spacial score (nSPS) is 16.3. The third-order valence-electron chi connectivity index (χ3n) is 3.79. The van der Waals surface area contributed by atoms with Gasteiger partial charge in [-0.3, -0.25) is 4.79 Å². The van der Waals surface area contributed by atoms with Crippen LogP contribution in [0.1, 0.15) is 28.8 Å². The topological polar surface area (TPSA) is 52.6 Å². The molecule has 2 rings (SSSR count). The van der Waals surface area contributed by atoms with Gasteiger partial charge in [-0.05, 0) is 56.5 Å². The lowest BCUT2D eigenvalue weighted by Crippen LogP contribution is -2.37. The highest BCUT2D eigenvalue weighted by Crippen LogP contribution is 2.19. The quantitative estimate of drug-likeness (QED) is 0.873. The van der Waals surface area contributed by atoms with Crippen molar-refractivity contribution in [1.29, 1.82) is 0 Å². The molecule has 1 aliphatic heterocycles. The molecule has 0 unspecified atom stereocenters. The fraction of sp³-hybridized carbons (Fsp3) is 0.533. The number of carbonyl (C=O) groups is 1. The van der Waals surface area contributed by atoms with Crippen LogP contribution in [0.5, 0.6) is 5.75 Å². The summed E-state index contributed by atoms with van der Waals surface area (Å²) in [5.74, 6) is 0.740. The summed E-state index contributed by atoms with van der Waals surface area (Å²) in [5.41, 5.74) is 1.34. The molecule has 0 bridgehead atoms. The minimum atomic E-state index is -0.0196. The maximum atomic E-state index is 12.3. The van der Waals surface area contributed by atoms with Gasteiger partial charge >= 0.3 is 0 Å². The largest absolute Gasteiger partial charge is 0.508 e. The first-order chi connectivity index (χ1) is 9.08. The predicted molar refractivity (Wildman–Crippen MR) is 75.4 cm³/mol. The molecule has 1 amide bonds. The summed E-state index contributed by atoms with van der Waals surface area (Å²) in [6.07, 6.45) is 2.24. The van der Waals surface area contributed by atoms with Crippen LogP contribution in [0.2, 0.25) is 0 Å². The number of phenolic OH excluding ortho intramolecular Hbond substituents is 1. The first-order valence-electron chi connectivity index (χ1n) is 6.83. The van der Waals surface area contributed by atoms with Gasteiger partial charge < -0.3 is 15.3 Å². The van der Waals surface area contributed by atoms with E-state index in [1.54, 1.807) is 23.1 Å². The number of rotatable bonds is 3. The third-order valence-corrected chi connectivity index (χ3v) is 3.79. The van der Waals surface area contributed by atoms with Gasteiger partial charge in [-0.15, -0.1) is 0 Å². The highest BCUT2D eigenvalue weighted by molar-refractivity contribution is 5.94. The van der Waals surface area contributed by atoms with Gasteiger partial charge in [0.1, 0.15) is 5.75 Å². The van der Waals surface area contributed by atoms with Crippen molar-refractivity contribution in [3.05, 3.63) is 29.3 Å². The first-order valence-corrected chi connectivity index (χ1v) is 6.83. The van der Waals surface area contributed by atoms with E-state index in [0.717, 1.165) is 38.0 Å². The number of phenols is 1. The van der Waals surface area contributed by atoms with Crippen LogP contribution in [-0.2, 0) is 0 Å². The Morgan fingerprint density at radius 2 is 2.11 bits per heavy atom. The summed E-state index contributed by atoms with van der Waals surface area (Å²) in [5, 5.41) is 13.0. The van der Waals surface area contributed by atoms with Gasteiger partial charge in [0.2, 0.25) is 0 Å². The zero-order valence-corrected chi connectivity index (χ0v) is 11.6. The number of nitrogens with one attached hydrogen (secondary N) is 1. The average Bonchev–Trinajstić information content (AvgIpc) is 2.42. The zero-order chi connectivity index (χ0) is 13.8. The monoisotopic (exact) mass is 262 g/mol. The van der Waals surface area contributed by atoms with Crippen molar-refractivity contribution in [2.24, 2.45) is 5.92 Å². The van der Waals surface area contributed by atoms with Gasteiger partial charge in [0.05, 0.1) is 0 Å². The molecule has 0 aliphatic carbocycles. The molecule has 4 nitrogen and oxygen atoms in total. The number of benzene rings is 1. The fourth-order valence-electron chi connectivity index (χ4n) is 2.50. The molecule has 1 heterocycles. The number of hydrogen-bond acceptors (Lipinski definition) is 3. The molecule has 1 fully saturated rings. The molecule has 0 aromatic heterocycles. The summed E-state index contributed by atoms with van der Waals surface area (Å²) in [7, 11) is 1.83. The first kappa shape index (κ1) is 13.9. The van der Waals surface area contributed by atoms with Crippen LogP contribution >= 0.6 is 0 Å². The fourth-order valence-corrected chi connectivity index (χ4v) is 2.50. The van der Waals surface area contributed by atoms with Crippen LogP contribution in [0.15, 0.2) is 18.2 Å². The Morgan fingerprint density at radius 1 is 1.42 bits per heavy atom. The van der Waals surface area contributed by atoms with Crippen molar-refractivity contribution in [2.75, 3.05) is 26.7 Å². The van der Waals surface area contributed by atoms with Crippen molar-refractivity contribution < 1.29 is 9.90 Å². The molecule has 1 aromatic carbocycles. The summed E-state index contributed by atoms with van der Waals surface area (Å²) in [6.45, 7) is 4.69. The molecule has 4 heteroatoms. The van der Waals surface area contributed by atoms with E-state index in [1.807, 2.05) is 14.0 Å². The van der Waals surface area contributed by atoms with Crippen molar-refractivity contribution in [2.45, 2.75) is 19.8 Å². The van der Waals surface area contributed by atoms with Crippen molar-refractivity contribution >= 4 is 5.91 Å². The van der Waals surface area contributed by atoms with E-state index in [4.69, 9.17) is 0 Å². The number of carbonyl (C=O) groups excluding carboxylic acids is 1. The molecule has 2 N–H and O–H groups in total. The predicted octanol–water partition coefficient (Wildman–Crippen LogP) is 1.77. The number of aromatic hydroxyl groups is 1. The Morgan fingerprint density at radius 3 is 2.74 bits per heavy atom. The van der Waals surface area contributed by atoms with E-state index in [-0.39, 0.29) is 11.7 Å². The smallest absolute Gasteiger partial charge is 0.253 e. The summed E-state index contributed by atoms with van der Waals surface area (Å²) in [4.78, 5) is 14.0. The Balaban J connectivity index is 1.99. The van der Waals surface area contributed by atoms with Crippen LogP contribution in [0.3, 0.4) is 0 Å². The Bertz CT molecular complexity index is 453. The molecule has 0 spiro atoms. The lowest BCUT2D eigenvalue weighted by Gasteiger charge is -2.27. The van der Waals surface area contributed by atoms with E-state index in [2.05, 4.69) is 5.32 Å². The number of piperidine rings is 1. The maximum Gasteiger partial charge on any atom is 0.253 e. The lowest BCUT2D eigenvalue weighted by atomic mass is 9.97. The van der Waals surface area contributed by atoms with Crippen molar-refractivity contribution in [3.8, 4) is 5.75 Å². The van der Waals surface area contributed by atoms with Crippen molar-refractivity contribution in [3.63, 3.8) is 0 Å². The standard InChI is InChI=1S/C15H22N2O2/c1-11-3-4-13(9-14(11)18)15(19)17(2)10-12-5-7-16-8-6-12/h3-4,9,12,16,18H,5-8,10H2,1-2H3. The number of hydrogen-bond donors (Lipinski definition) is 2. The van der Waals surface area contributed by atoms with Gasteiger partial charge in [-0.25, -0.2) is 0 Å². The van der Waals surface area contributed by atoms with Gasteiger partial charge in [0.25, 0.3) is 5.91 Å². The Labute approximate surface area is 114 Å². The minimum absolute atomic E-state index is 0.0196. The van der Waals surface area contributed by atoms with Gasteiger partial charge in [-0.2, -0.15) is 0 Å². The van der Waals surface area contributed by atoms with E-state index in [0.29, 0.717) is 11.5 Å². The van der Waals surface area contributed by atoms with Crippen LogP contribution in [0.25, 0.3) is 0 Å². The SMILES string of the molecule is Cc1ccc(C(=O)N(C)CC2CCNCC2)cc1O. The Hall–Kier alpha value is -1.55. The van der Waals surface area contributed by atoms with Gasteiger partial charge in [0.15, 0.2) is 0 Å². The summed E-state index contributed by atoms with van der Waals surface area (Å²) < 4.78 is 0. The van der Waals surface area contributed by atoms with E-state index in [1.165, 1.54) is 0 Å². The Kier molecular flexibility index (Phi) is 4.43. The molecule has 19 heavy (non-hydrogen) atoms. The van der Waals surface area contributed by atoms with Gasteiger partial charge in [-0.1, -0.05) is 6.07 Å². The van der Waals surface area contributed by atoms with Gasteiger partial charge in [0, 0.05) is 19.2 Å². The van der Waals surface area contributed by atoms with Crippen molar-refractivity contribution in [1.82, 2.24) is 10.2 Å². The minimum Gasteiger partial charge on any atom is -0.508 e. The lowest BCUT2D eigenvalue weighted by molar-refractivity contribution is 0.0762. The highest BCUT2D eigenvalue weighted by atomic mass is 16.3. The number of amides is 1. The van der Waals surface area contributed by atoms with E-state index < -0.39 is 0 Å². The van der Waals surface area contributed by atoms with Crippen LogP contribution in [0, 0.1) is 12.8 Å². The molecule has 1 aliphatic rings. The second-order valence-electron chi connectivity index (χ2n) is 5.38. The molecule has 0 radical (unpaired) electrons. The maximum absolute atomic E-state index is 12.3. The molecule has 104 valence electrons. The molecule has 1 saturated heterocycles. The molecule has 0 atom stereocenters. The summed E-state index contributed by atoms with van der Waals surface area (Å²) in [6, 6.07) is 5.11. The van der Waals surface area contributed by atoms with Crippen LogP contribution < -0.4 is 5.32 Å². The number of aryl methyl sites for hydroxylation is 1. The second kappa shape index (κ2) is 6.06. The zero-order valence-electron chi connectivity index (χ0n) is 11.6. The van der Waals surface area contributed by atoms with E-state index >= 15 is 0 Å². The second-order valence-corrected chi connectivity index (χ2v) is 5.38. The molecule has 1 aromatic rings. The van der Waals surface area contributed by atoms with Crippen LogP contribution in [-0.4, -0.2) is 42.6 Å². The highest BCUT2D eigenvalue weighted by Gasteiger charge is 2.19. The molecule has 0 saturated carbocycles. The van der Waals surface area contributed by atoms with Crippen LogP contribution in [0.4, 0.5) is 0 Å². The molecular formula is C15H22N2O2. The number of nitrogens with zero attached hydrogens (tertiary/aromatic N) is 1. The molecular weight excluding hydrogens is 240 g/mol. The summed E-state index contributed by atoms with van der Waals surface area (Å²) >= 11 is 0. The average molecular weight is 262 g/mol. The van der Waals surface area contributed by atoms with E-state index in [9.17, 15) is 9.90 Å². The third kappa shape index (κ3) is 3.47.